The molecule has 3 heteroatoms. The predicted octanol–water partition coefficient (Wildman–Crippen LogP) is 3.26. The van der Waals surface area contributed by atoms with E-state index in [4.69, 9.17) is 4.84 Å². The van der Waals surface area contributed by atoms with Gasteiger partial charge >= 0.3 is 0 Å². The molecule has 0 heterocycles. The highest BCUT2D eigenvalue weighted by Gasteiger charge is 1.97. The monoisotopic (exact) mass is 267 g/mol. The Morgan fingerprint density at radius 1 is 1.10 bits per heavy atom. The molecule has 3 nitrogen and oxygen atoms in total. The van der Waals surface area contributed by atoms with E-state index in [-0.39, 0.29) is 5.91 Å². The zero-order chi connectivity index (χ0) is 14.2. The molecule has 2 aromatic rings. The average molecular weight is 267 g/mol. The number of carbonyl (C=O) groups excluding carboxylic acids is 1. The Bertz CT molecular complexity index is 591. The summed E-state index contributed by atoms with van der Waals surface area (Å²) in [4.78, 5) is 16.7. The molecule has 0 fully saturated rings. The summed E-state index contributed by atoms with van der Waals surface area (Å²) in [6.45, 7) is 2.36. The van der Waals surface area contributed by atoms with Gasteiger partial charge < -0.3 is 0 Å². The van der Waals surface area contributed by atoms with E-state index in [9.17, 15) is 4.79 Å². The van der Waals surface area contributed by atoms with E-state index in [2.05, 4.69) is 5.48 Å². The summed E-state index contributed by atoms with van der Waals surface area (Å²) in [6.07, 6.45) is 3.24. The molecular weight excluding hydrogens is 250 g/mol. The summed E-state index contributed by atoms with van der Waals surface area (Å²) in [6, 6.07) is 17.6. The third-order valence-corrected chi connectivity index (χ3v) is 2.86. The second kappa shape index (κ2) is 7.26. The van der Waals surface area contributed by atoms with Gasteiger partial charge in [-0.15, -0.1) is 0 Å². The van der Waals surface area contributed by atoms with Crippen LogP contribution >= 0.6 is 0 Å². The number of rotatable bonds is 5. The first-order chi connectivity index (χ1) is 9.75. The molecule has 0 atom stereocenters. The first-order valence-electron chi connectivity index (χ1n) is 6.45. The molecule has 0 saturated carbocycles. The molecule has 1 N–H and O–H groups in total. The van der Waals surface area contributed by atoms with Gasteiger partial charge in [0.25, 0.3) is 5.91 Å². The normalized spacial score (nSPS) is 10.7. The third-order valence-electron chi connectivity index (χ3n) is 2.86. The maximum atomic E-state index is 11.6. The number of hydroxylamine groups is 1. The van der Waals surface area contributed by atoms with Crippen molar-refractivity contribution in [3.05, 3.63) is 77.4 Å². The van der Waals surface area contributed by atoms with Crippen LogP contribution in [0.2, 0.25) is 0 Å². The number of amides is 1. The fraction of sp³-hybridized carbons (Fsp3) is 0.118. The summed E-state index contributed by atoms with van der Waals surface area (Å²) in [5.41, 5.74) is 5.55. The maximum Gasteiger partial charge on any atom is 0.267 e. The van der Waals surface area contributed by atoms with Crippen LogP contribution < -0.4 is 5.48 Å². The van der Waals surface area contributed by atoms with Crippen molar-refractivity contribution >= 4 is 12.0 Å². The molecule has 0 radical (unpaired) electrons. The molecule has 20 heavy (non-hydrogen) atoms. The first kappa shape index (κ1) is 14.0. The minimum Gasteiger partial charge on any atom is -0.269 e. The molecule has 0 unspecified atom stereocenters. The van der Waals surface area contributed by atoms with Gasteiger partial charge in [0, 0.05) is 6.08 Å². The Morgan fingerprint density at radius 2 is 1.80 bits per heavy atom. The largest absolute Gasteiger partial charge is 0.269 e. The molecule has 0 aliphatic carbocycles. The van der Waals surface area contributed by atoms with Crippen molar-refractivity contribution in [1.82, 2.24) is 5.48 Å². The fourth-order valence-electron chi connectivity index (χ4n) is 1.74. The number of nitrogens with one attached hydrogen (secondary N) is 1. The zero-order valence-corrected chi connectivity index (χ0v) is 11.4. The van der Waals surface area contributed by atoms with Crippen molar-refractivity contribution in [3.8, 4) is 0 Å². The Hall–Kier alpha value is -2.39. The summed E-state index contributed by atoms with van der Waals surface area (Å²) < 4.78 is 0. The van der Waals surface area contributed by atoms with Crippen molar-refractivity contribution in [2.24, 2.45) is 0 Å². The third kappa shape index (κ3) is 4.37. The molecule has 2 aromatic carbocycles. The second-order valence-corrected chi connectivity index (χ2v) is 4.43. The van der Waals surface area contributed by atoms with Crippen molar-refractivity contribution in [1.29, 1.82) is 0 Å². The predicted molar refractivity (Wildman–Crippen MR) is 79.6 cm³/mol. The number of aryl methyl sites for hydroxylation is 1. The van der Waals surface area contributed by atoms with Gasteiger partial charge in [0.05, 0.1) is 6.61 Å². The summed E-state index contributed by atoms with van der Waals surface area (Å²) in [7, 11) is 0. The van der Waals surface area contributed by atoms with Crippen LogP contribution in [0.15, 0.2) is 60.7 Å². The number of benzene rings is 2. The summed E-state index contributed by atoms with van der Waals surface area (Å²) in [5, 5.41) is 0. The van der Waals surface area contributed by atoms with Crippen LogP contribution in [-0.4, -0.2) is 5.91 Å². The Morgan fingerprint density at radius 3 is 2.55 bits per heavy atom. The average Bonchev–Trinajstić information content (AvgIpc) is 2.47. The molecule has 0 bridgehead atoms. The zero-order valence-electron chi connectivity index (χ0n) is 11.4. The topological polar surface area (TPSA) is 38.3 Å². The van der Waals surface area contributed by atoms with E-state index >= 15 is 0 Å². The van der Waals surface area contributed by atoms with E-state index in [0.29, 0.717) is 6.61 Å². The molecule has 0 saturated heterocycles. The lowest BCUT2D eigenvalue weighted by molar-refractivity contribution is -0.129. The van der Waals surface area contributed by atoms with Gasteiger partial charge in [-0.25, -0.2) is 5.48 Å². The van der Waals surface area contributed by atoms with Crippen molar-refractivity contribution in [3.63, 3.8) is 0 Å². The second-order valence-electron chi connectivity index (χ2n) is 4.43. The smallest absolute Gasteiger partial charge is 0.267 e. The van der Waals surface area contributed by atoms with Crippen LogP contribution in [0, 0.1) is 6.92 Å². The minimum atomic E-state index is -0.274. The summed E-state index contributed by atoms with van der Waals surface area (Å²) in [5.74, 6) is -0.274. The van der Waals surface area contributed by atoms with Crippen LogP contribution in [0.4, 0.5) is 0 Å². The standard InChI is InChI=1S/C17H17NO2/c1-14-7-5-6-10-16(14)11-12-17(19)18-20-13-15-8-3-2-4-9-15/h2-12H,13H2,1H3,(H,18,19). The molecule has 102 valence electrons. The maximum absolute atomic E-state index is 11.6. The molecule has 0 aliphatic rings. The van der Waals surface area contributed by atoms with Crippen LogP contribution in [0.1, 0.15) is 16.7 Å². The van der Waals surface area contributed by atoms with Gasteiger partial charge in [-0.1, -0.05) is 54.6 Å². The van der Waals surface area contributed by atoms with Crippen LogP contribution in [0.5, 0.6) is 0 Å². The first-order valence-corrected chi connectivity index (χ1v) is 6.45. The van der Waals surface area contributed by atoms with E-state index in [1.165, 1.54) is 6.08 Å². The van der Waals surface area contributed by atoms with Gasteiger partial charge in [-0.2, -0.15) is 0 Å². The Kier molecular flexibility index (Phi) is 5.09. The van der Waals surface area contributed by atoms with Crippen molar-refractivity contribution in [2.75, 3.05) is 0 Å². The van der Waals surface area contributed by atoms with Gasteiger partial charge in [0.2, 0.25) is 0 Å². The lowest BCUT2D eigenvalue weighted by Gasteiger charge is -2.03. The van der Waals surface area contributed by atoms with Gasteiger partial charge in [-0.3, -0.25) is 9.63 Å². The van der Waals surface area contributed by atoms with E-state index < -0.39 is 0 Å². The van der Waals surface area contributed by atoms with Crippen LogP contribution in [0.25, 0.3) is 6.08 Å². The lowest BCUT2D eigenvalue weighted by Crippen LogP contribution is -2.21. The molecule has 0 aromatic heterocycles. The number of carbonyl (C=O) groups is 1. The fourth-order valence-corrected chi connectivity index (χ4v) is 1.74. The summed E-state index contributed by atoms with van der Waals surface area (Å²) >= 11 is 0. The van der Waals surface area contributed by atoms with Gasteiger partial charge in [0.15, 0.2) is 0 Å². The van der Waals surface area contributed by atoms with Gasteiger partial charge in [-0.05, 0) is 29.7 Å². The molecular formula is C17H17NO2. The minimum absolute atomic E-state index is 0.274. The molecule has 2 rings (SSSR count). The highest BCUT2D eigenvalue weighted by molar-refractivity contribution is 5.91. The van der Waals surface area contributed by atoms with Crippen LogP contribution in [0.3, 0.4) is 0 Å². The van der Waals surface area contributed by atoms with Crippen molar-refractivity contribution in [2.45, 2.75) is 13.5 Å². The highest BCUT2D eigenvalue weighted by Crippen LogP contribution is 2.08. The lowest BCUT2D eigenvalue weighted by atomic mass is 10.1. The molecule has 0 spiro atoms. The van der Waals surface area contributed by atoms with Gasteiger partial charge in [0.1, 0.15) is 0 Å². The molecule has 1 amide bonds. The highest BCUT2D eigenvalue weighted by atomic mass is 16.6. The number of hydrogen-bond donors (Lipinski definition) is 1. The van der Waals surface area contributed by atoms with Crippen LogP contribution in [-0.2, 0) is 16.2 Å². The SMILES string of the molecule is Cc1ccccc1C=CC(=O)NOCc1ccccc1. The van der Waals surface area contributed by atoms with E-state index in [1.54, 1.807) is 6.08 Å². The Balaban J connectivity index is 1.80. The Labute approximate surface area is 118 Å². The molecule has 0 aliphatic heterocycles. The van der Waals surface area contributed by atoms with Crippen molar-refractivity contribution < 1.29 is 9.63 Å². The van der Waals surface area contributed by atoms with E-state index in [0.717, 1.165) is 16.7 Å². The quantitative estimate of drug-likeness (QED) is 0.667. The number of hydrogen-bond acceptors (Lipinski definition) is 2. The van der Waals surface area contributed by atoms with E-state index in [1.807, 2.05) is 61.5 Å².